The van der Waals surface area contributed by atoms with E-state index in [1.54, 1.807) is 30.0 Å². The van der Waals surface area contributed by atoms with Crippen LogP contribution in [0.25, 0.3) is 0 Å². The molecule has 1 N–H and O–H groups in total. The molecule has 1 aliphatic rings. The third-order valence-corrected chi connectivity index (χ3v) is 6.28. The Hall–Kier alpha value is -0.500. The van der Waals surface area contributed by atoms with Crippen LogP contribution < -0.4 is 5.32 Å². The van der Waals surface area contributed by atoms with Crippen LogP contribution in [0.5, 0.6) is 0 Å². The van der Waals surface area contributed by atoms with Gasteiger partial charge in [-0.15, -0.1) is 0 Å². The number of aryl methyl sites for hydroxylation is 2. The van der Waals surface area contributed by atoms with Gasteiger partial charge in [-0.25, -0.2) is 8.42 Å². The second-order valence-electron chi connectivity index (χ2n) is 4.57. The molecular formula is C12H20N2O3S2. The van der Waals surface area contributed by atoms with Crippen LogP contribution in [-0.4, -0.2) is 44.4 Å². The second kappa shape index (κ2) is 5.87. The SMILES string of the molecule is CNCc1c(C)oc(C)c1S(=O)(=O)N1CCSCC1. The standard InChI is InChI=1S/C12H20N2O3S2/c1-9-11(8-13-3)12(10(2)17-9)19(15,16)14-4-6-18-7-5-14/h13H,4-8H2,1-3H3. The van der Waals surface area contributed by atoms with Crippen molar-refractivity contribution < 1.29 is 12.8 Å². The first-order valence-corrected chi connectivity index (χ1v) is 8.89. The van der Waals surface area contributed by atoms with Crippen molar-refractivity contribution in [3.63, 3.8) is 0 Å². The lowest BCUT2D eigenvalue weighted by Gasteiger charge is -2.25. The Kier molecular flexibility index (Phi) is 4.60. The molecule has 0 unspecified atom stereocenters. The van der Waals surface area contributed by atoms with Crippen LogP contribution in [0.3, 0.4) is 0 Å². The van der Waals surface area contributed by atoms with Crippen LogP contribution in [0.15, 0.2) is 9.31 Å². The minimum Gasteiger partial charge on any atom is -0.465 e. The van der Waals surface area contributed by atoms with Crippen LogP contribution in [0.2, 0.25) is 0 Å². The summed E-state index contributed by atoms with van der Waals surface area (Å²) in [6.45, 7) is 5.19. The molecule has 1 aromatic heterocycles. The van der Waals surface area contributed by atoms with E-state index in [0.717, 1.165) is 17.1 Å². The van der Waals surface area contributed by atoms with Crippen molar-refractivity contribution in [3.05, 3.63) is 17.1 Å². The first-order valence-electron chi connectivity index (χ1n) is 6.30. The van der Waals surface area contributed by atoms with Gasteiger partial charge >= 0.3 is 0 Å². The fourth-order valence-electron chi connectivity index (χ4n) is 2.34. The summed E-state index contributed by atoms with van der Waals surface area (Å²) in [5, 5.41) is 3.01. The Bertz CT molecular complexity index is 546. The van der Waals surface area contributed by atoms with Crippen molar-refractivity contribution in [2.24, 2.45) is 0 Å². The molecule has 0 atom stereocenters. The molecule has 0 radical (unpaired) electrons. The zero-order valence-corrected chi connectivity index (χ0v) is 13.2. The number of nitrogens with zero attached hydrogens (tertiary/aromatic N) is 1. The Labute approximate surface area is 118 Å². The van der Waals surface area contributed by atoms with E-state index in [2.05, 4.69) is 5.32 Å². The molecule has 5 nitrogen and oxygen atoms in total. The van der Waals surface area contributed by atoms with E-state index >= 15 is 0 Å². The lowest BCUT2D eigenvalue weighted by molar-refractivity contribution is 0.439. The summed E-state index contributed by atoms with van der Waals surface area (Å²) in [6, 6.07) is 0. The topological polar surface area (TPSA) is 62.6 Å². The van der Waals surface area contributed by atoms with Crippen LogP contribution in [0.1, 0.15) is 17.1 Å². The number of sulfonamides is 1. The molecule has 0 bridgehead atoms. The molecule has 1 fully saturated rings. The van der Waals surface area contributed by atoms with Gasteiger partial charge in [-0.05, 0) is 20.9 Å². The zero-order chi connectivity index (χ0) is 14.0. The van der Waals surface area contributed by atoms with E-state index < -0.39 is 10.0 Å². The molecule has 2 heterocycles. The molecule has 1 aliphatic heterocycles. The highest BCUT2D eigenvalue weighted by Crippen LogP contribution is 2.30. The van der Waals surface area contributed by atoms with E-state index in [-0.39, 0.29) is 0 Å². The van der Waals surface area contributed by atoms with E-state index in [9.17, 15) is 8.42 Å². The zero-order valence-electron chi connectivity index (χ0n) is 11.5. The minimum atomic E-state index is -3.44. The summed E-state index contributed by atoms with van der Waals surface area (Å²) < 4.78 is 32.6. The van der Waals surface area contributed by atoms with Crippen LogP contribution in [-0.2, 0) is 16.6 Å². The van der Waals surface area contributed by atoms with E-state index in [1.807, 2.05) is 6.92 Å². The van der Waals surface area contributed by atoms with Gasteiger partial charge in [-0.3, -0.25) is 0 Å². The second-order valence-corrected chi connectivity index (χ2v) is 7.67. The van der Waals surface area contributed by atoms with Gasteiger partial charge in [0.1, 0.15) is 16.4 Å². The quantitative estimate of drug-likeness (QED) is 0.910. The van der Waals surface area contributed by atoms with Gasteiger partial charge in [0, 0.05) is 36.7 Å². The van der Waals surface area contributed by atoms with Gasteiger partial charge in [-0.1, -0.05) is 0 Å². The van der Waals surface area contributed by atoms with Crippen molar-refractivity contribution in [2.75, 3.05) is 31.6 Å². The van der Waals surface area contributed by atoms with Crippen molar-refractivity contribution in [2.45, 2.75) is 25.3 Å². The molecule has 19 heavy (non-hydrogen) atoms. The highest BCUT2D eigenvalue weighted by atomic mass is 32.2. The number of hydrogen-bond donors (Lipinski definition) is 1. The van der Waals surface area contributed by atoms with E-state index in [0.29, 0.717) is 36.1 Å². The molecule has 1 saturated heterocycles. The minimum absolute atomic E-state index is 0.353. The molecule has 0 aromatic carbocycles. The Morgan fingerprint density at radius 1 is 1.26 bits per heavy atom. The average Bonchev–Trinajstić information content (AvgIpc) is 2.66. The number of rotatable bonds is 4. The van der Waals surface area contributed by atoms with E-state index in [4.69, 9.17) is 4.42 Å². The normalized spacial score (nSPS) is 17.8. The van der Waals surface area contributed by atoms with Crippen LogP contribution in [0.4, 0.5) is 0 Å². The third kappa shape index (κ3) is 2.84. The maximum absolute atomic E-state index is 12.7. The van der Waals surface area contributed by atoms with Crippen molar-refractivity contribution in [1.82, 2.24) is 9.62 Å². The number of thioether (sulfide) groups is 1. The lowest BCUT2D eigenvalue weighted by atomic mass is 10.2. The molecule has 0 aliphatic carbocycles. The summed E-state index contributed by atoms with van der Waals surface area (Å²) in [4.78, 5) is 0.353. The molecule has 108 valence electrons. The third-order valence-electron chi connectivity index (χ3n) is 3.25. The summed E-state index contributed by atoms with van der Waals surface area (Å²) >= 11 is 1.79. The molecule has 1 aromatic rings. The van der Waals surface area contributed by atoms with E-state index in [1.165, 1.54) is 0 Å². The maximum Gasteiger partial charge on any atom is 0.246 e. The monoisotopic (exact) mass is 304 g/mol. The first-order chi connectivity index (χ1) is 8.98. The van der Waals surface area contributed by atoms with Gasteiger partial charge in [-0.2, -0.15) is 16.1 Å². The van der Waals surface area contributed by atoms with Crippen molar-refractivity contribution in [3.8, 4) is 0 Å². The highest BCUT2D eigenvalue weighted by Gasteiger charge is 2.32. The number of nitrogens with one attached hydrogen (secondary N) is 1. The summed E-state index contributed by atoms with van der Waals surface area (Å²) in [6.07, 6.45) is 0. The molecule has 0 saturated carbocycles. The Morgan fingerprint density at radius 3 is 2.47 bits per heavy atom. The maximum atomic E-state index is 12.7. The van der Waals surface area contributed by atoms with Gasteiger partial charge in [0.15, 0.2) is 0 Å². The number of furan rings is 1. The fraction of sp³-hybridized carbons (Fsp3) is 0.667. The average molecular weight is 304 g/mol. The Balaban J connectivity index is 2.44. The predicted octanol–water partition coefficient (Wildman–Crippen LogP) is 1.35. The van der Waals surface area contributed by atoms with Gasteiger partial charge in [0.2, 0.25) is 10.0 Å². The smallest absolute Gasteiger partial charge is 0.246 e. The summed E-state index contributed by atoms with van der Waals surface area (Å²) in [5.41, 5.74) is 0.748. The fourth-order valence-corrected chi connectivity index (χ4v) is 5.33. The van der Waals surface area contributed by atoms with Crippen LogP contribution >= 0.6 is 11.8 Å². The molecule has 2 rings (SSSR count). The number of hydrogen-bond acceptors (Lipinski definition) is 5. The Morgan fingerprint density at radius 2 is 1.89 bits per heavy atom. The van der Waals surface area contributed by atoms with Gasteiger partial charge < -0.3 is 9.73 Å². The molecule has 0 amide bonds. The van der Waals surface area contributed by atoms with Crippen molar-refractivity contribution in [1.29, 1.82) is 0 Å². The lowest BCUT2D eigenvalue weighted by Crippen LogP contribution is -2.38. The first kappa shape index (κ1) is 14.9. The predicted molar refractivity (Wildman–Crippen MR) is 77.0 cm³/mol. The molecule has 7 heteroatoms. The highest BCUT2D eigenvalue weighted by molar-refractivity contribution is 7.99. The molecular weight excluding hydrogens is 284 g/mol. The summed E-state index contributed by atoms with van der Waals surface area (Å²) in [7, 11) is -1.64. The van der Waals surface area contributed by atoms with Gasteiger partial charge in [0.25, 0.3) is 0 Å². The van der Waals surface area contributed by atoms with Crippen molar-refractivity contribution >= 4 is 21.8 Å². The largest absolute Gasteiger partial charge is 0.465 e. The molecule has 0 spiro atoms. The van der Waals surface area contributed by atoms with Gasteiger partial charge in [0.05, 0.1) is 0 Å². The summed E-state index contributed by atoms with van der Waals surface area (Å²) in [5.74, 6) is 2.88. The van der Waals surface area contributed by atoms with Crippen LogP contribution in [0, 0.1) is 13.8 Å².